The average Bonchev–Trinajstić information content (AvgIpc) is 2.79. The number of allylic oxidation sites excluding steroid dienone is 3. The fourth-order valence-corrected chi connectivity index (χ4v) is 3.79. The Balaban J connectivity index is 1.72. The standard InChI is InChI=1S/C28H29N5O/c1-16-10-19(4-7-23(16)29)13-20-14-26(32-21-5-8-24(30)17(2)11-21)27(15-28(20)34)33-22-6-9-25(31)18(3)12-22/h4-12,14-15,33H,13,29-31H2,1-3H3. The first-order valence-electron chi connectivity index (χ1n) is 11.1. The van der Waals surface area contributed by atoms with E-state index in [0.29, 0.717) is 34.8 Å². The van der Waals surface area contributed by atoms with Gasteiger partial charge in [0.1, 0.15) is 0 Å². The van der Waals surface area contributed by atoms with E-state index in [0.717, 1.165) is 39.3 Å². The van der Waals surface area contributed by atoms with Gasteiger partial charge in [-0.25, -0.2) is 4.99 Å². The van der Waals surface area contributed by atoms with Gasteiger partial charge in [0.15, 0.2) is 5.78 Å². The summed E-state index contributed by atoms with van der Waals surface area (Å²) in [5, 5.41) is 3.34. The number of hydrogen-bond acceptors (Lipinski definition) is 6. The van der Waals surface area contributed by atoms with Crippen LogP contribution >= 0.6 is 0 Å². The van der Waals surface area contributed by atoms with Crippen molar-refractivity contribution in [3.8, 4) is 0 Å². The molecule has 1 aliphatic rings. The van der Waals surface area contributed by atoms with Gasteiger partial charge in [0.25, 0.3) is 0 Å². The Labute approximate surface area is 199 Å². The monoisotopic (exact) mass is 451 g/mol. The Kier molecular flexibility index (Phi) is 6.23. The summed E-state index contributed by atoms with van der Waals surface area (Å²) >= 11 is 0. The van der Waals surface area contributed by atoms with Gasteiger partial charge >= 0.3 is 0 Å². The zero-order valence-corrected chi connectivity index (χ0v) is 19.6. The molecular formula is C28H29N5O. The van der Waals surface area contributed by atoms with Gasteiger partial charge < -0.3 is 22.5 Å². The summed E-state index contributed by atoms with van der Waals surface area (Å²) in [6.45, 7) is 5.85. The van der Waals surface area contributed by atoms with Crippen LogP contribution in [-0.4, -0.2) is 11.5 Å². The second-order valence-electron chi connectivity index (χ2n) is 8.69. The van der Waals surface area contributed by atoms with Crippen molar-refractivity contribution in [3.05, 3.63) is 100 Å². The summed E-state index contributed by atoms with van der Waals surface area (Å²) in [6.07, 6.45) is 3.95. The van der Waals surface area contributed by atoms with E-state index in [4.69, 9.17) is 22.2 Å². The number of nitrogen functional groups attached to an aromatic ring is 3. The number of aryl methyl sites for hydroxylation is 3. The third kappa shape index (κ3) is 5.02. The van der Waals surface area contributed by atoms with Crippen molar-refractivity contribution in [1.29, 1.82) is 0 Å². The fourth-order valence-electron chi connectivity index (χ4n) is 3.79. The molecule has 0 unspecified atom stereocenters. The fraction of sp³-hybridized carbons (Fsp3) is 0.143. The Morgan fingerprint density at radius 1 is 0.765 bits per heavy atom. The van der Waals surface area contributed by atoms with E-state index in [-0.39, 0.29) is 5.78 Å². The number of anilines is 4. The van der Waals surface area contributed by atoms with Crippen LogP contribution in [0.5, 0.6) is 0 Å². The highest BCUT2D eigenvalue weighted by Gasteiger charge is 2.20. The average molecular weight is 452 g/mol. The molecule has 0 atom stereocenters. The number of nitrogens with zero attached hydrogens (tertiary/aromatic N) is 1. The van der Waals surface area contributed by atoms with Crippen LogP contribution in [0.1, 0.15) is 22.3 Å². The quantitative estimate of drug-likeness (QED) is 0.315. The minimum Gasteiger partial charge on any atom is -0.399 e. The molecule has 6 nitrogen and oxygen atoms in total. The molecule has 3 aromatic rings. The predicted molar refractivity (Wildman–Crippen MR) is 142 cm³/mol. The van der Waals surface area contributed by atoms with Crippen LogP contribution in [-0.2, 0) is 11.2 Å². The van der Waals surface area contributed by atoms with E-state index < -0.39 is 0 Å². The van der Waals surface area contributed by atoms with Crippen molar-refractivity contribution in [2.45, 2.75) is 27.2 Å². The molecule has 4 rings (SSSR count). The van der Waals surface area contributed by atoms with E-state index in [1.54, 1.807) is 6.08 Å². The Morgan fingerprint density at radius 3 is 2.03 bits per heavy atom. The second kappa shape index (κ2) is 9.27. The first kappa shape index (κ1) is 22.9. The molecule has 7 N–H and O–H groups in total. The third-order valence-corrected chi connectivity index (χ3v) is 5.96. The number of aliphatic imine (C=N–C) groups is 1. The molecule has 1 aliphatic carbocycles. The van der Waals surface area contributed by atoms with Gasteiger partial charge in [0.2, 0.25) is 0 Å². The van der Waals surface area contributed by atoms with Crippen LogP contribution in [0.25, 0.3) is 0 Å². The van der Waals surface area contributed by atoms with Crippen LogP contribution in [0.2, 0.25) is 0 Å². The number of rotatable bonds is 5. The Hall–Kier alpha value is -4.32. The maximum absolute atomic E-state index is 13.1. The first-order valence-corrected chi connectivity index (χ1v) is 11.1. The number of nitrogens with two attached hydrogens (primary N) is 3. The van der Waals surface area contributed by atoms with E-state index in [1.165, 1.54) is 0 Å². The highest BCUT2D eigenvalue weighted by Crippen LogP contribution is 2.26. The number of carbonyl (C=O) groups is 1. The zero-order valence-electron chi connectivity index (χ0n) is 19.6. The molecule has 0 radical (unpaired) electrons. The van der Waals surface area contributed by atoms with Gasteiger partial charge in [-0.1, -0.05) is 12.1 Å². The molecule has 34 heavy (non-hydrogen) atoms. The minimum atomic E-state index is -0.0587. The molecule has 0 heterocycles. The molecule has 172 valence electrons. The van der Waals surface area contributed by atoms with Crippen molar-refractivity contribution in [3.63, 3.8) is 0 Å². The SMILES string of the molecule is Cc1cc(CC2=CC(=Nc3ccc(N)c(C)c3)C(Nc3ccc(N)c(C)c3)=CC2=O)ccc1N. The molecule has 0 bridgehead atoms. The van der Waals surface area contributed by atoms with Gasteiger partial charge in [-0.3, -0.25) is 4.79 Å². The van der Waals surface area contributed by atoms with Crippen LogP contribution in [0, 0.1) is 20.8 Å². The van der Waals surface area contributed by atoms with Crippen LogP contribution in [0.3, 0.4) is 0 Å². The van der Waals surface area contributed by atoms with Crippen molar-refractivity contribution in [2.24, 2.45) is 4.99 Å². The summed E-state index contributed by atoms with van der Waals surface area (Å²) in [5.74, 6) is -0.0587. The maximum Gasteiger partial charge on any atom is 0.184 e. The van der Waals surface area contributed by atoms with Crippen molar-refractivity contribution in [2.75, 3.05) is 22.5 Å². The van der Waals surface area contributed by atoms with Gasteiger partial charge in [-0.15, -0.1) is 0 Å². The van der Waals surface area contributed by atoms with Gasteiger partial charge in [-0.05, 0) is 91.6 Å². The number of nitrogens with one attached hydrogen (secondary N) is 1. The summed E-state index contributed by atoms with van der Waals surface area (Å²) in [6, 6.07) is 17.1. The molecule has 0 fully saturated rings. The molecule has 0 spiro atoms. The third-order valence-electron chi connectivity index (χ3n) is 5.96. The molecule has 0 saturated carbocycles. The van der Waals surface area contributed by atoms with Crippen LogP contribution in [0.4, 0.5) is 28.4 Å². The van der Waals surface area contributed by atoms with Crippen LogP contribution in [0.15, 0.2) is 83.0 Å². The van der Waals surface area contributed by atoms with Crippen LogP contribution < -0.4 is 22.5 Å². The summed E-state index contributed by atoms with van der Waals surface area (Å²) in [7, 11) is 0. The molecule has 3 aromatic carbocycles. The van der Waals surface area contributed by atoms with Gasteiger partial charge in [0.05, 0.1) is 17.1 Å². The Morgan fingerprint density at radius 2 is 1.38 bits per heavy atom. The lowest BCUT2D eigenvalue weighted by Gasteiger charge is -2.18. The number of carbonyl (C=O) groups excluding carboxylic acids is 1. The summed E-state index contributed by atoms with van der Waals surface area (Å²) < 4.78 is 0. The molecule has 0 aliphatic heterocycles. The van der Waals surface area contributed by atoms with Crippen molar-refractivity contribution in [1.82, 2.24) is 0 Å². The lowest BCUT2D eigenvalue weighted by Crippen LogP contribution is -2.19. The van der Waals surface area contributed by atoms with Gasteiger partial charge in [0, 0.05) is 40.8 Å². The lowest BCUT2D eigenvalue weighted by atomic mass is 9.93. The summed E-state index contributed by atoms with van der Waals surface area (Å²) in [4.78, 5) is 17.9. The largest absolute Gasteiger partial charge is 0.399 e. The van der Waals surface area contributed by atoms with E-state index in [9.17, 15) is 4.79 Å². The number of hydrogen-bond donors (Lipinski definition) is 4. The smallest absolute Gasteiger partial charge is 0.184 e. The maximum atomic E-state index is 13.1. The van der Waals surface area contributed by atoms with Crippen molar-refractivity contribution < 1.29 is 4.79 Å². The number of benzene rings is 3. The minimum absolute atomic E-state index is 0.0587. The van der Waals surface area contributed by atoms with Crippen molar-refractivity contribution >= 4 is 39.9 Å². The Bertz CT molecular complexity index is 1380. The summed E-state index contributed by atoms with van der Waals surface area (Å²) in [5.41, 5.74) is 27.5. The zero-order chi connectivity index (χ0) is 24.4. The van der Waals surface area contributed by atoms with E-state index in [1.807, 2.05) is 81.4 Å². The topological polar surface area (TPSA) is 120 Å². The normalized spacial score (nSPS) is 14.7. The molecule has 0 amide bonds. The molecular weight excluding hydrogens is 422 g/mol. The molecule has 0 aromatic heterocycles. The first-order chi connectivity index (χ1) is 16.2. The van der Waals surface area contributed by atoms with Gasteiger partial charge in [-0.2, -0.15) is 0 Å². The predicted octanol–water partition coefficient (Wildman–Crippen LogP) is 5.18. The number of ketones is 1. The highest BCUT2D eigenvalue weighted by atomic mass is 16.1. The highest BCUT2D eigenvalue weighted by molar-refractivity contribution is 6.23. The second-order valence-corrected chi connectivity index (χ2v) is 8.69. The van der Waals surface area contributed by atoms with E-state index >= 15 is 0 Å². The molecule has 6 heteroatoms. The lowest BCUT2D eigenvalue weighted by molar-refractivity contribution is -0.111. The molecule has 0 saturated heterocycles. The van der Waals surface area contributed by atoms with E-state index in [2.05, 4.69) is 5.32 Å².